The number of unbranched alkanes of at least 4 members (excludes halogenated alkanes) is 1. The average molecular weight is 458 g/mol. The summed E-state index contributed by atoms with van der Waals surface area (Å²) in [5, 5.41) is 3.19. The van der Waals surface area contributed by atoms with E-state index in [0.29, 0.717) is 5.96 Å². The van der Waals surface area contributed by atoms with E-state index in [1.165, 1.54) is 38.0 Å². The molecule has 1 aromatic carbocycles. The van der Waals surface area contributed by atoms with E-state index in [9.17, 15) is 0 Å². The number of piperidine rings is 1. The molecule has 25 heavy (non-hydrogen) atoms. The first-order chi connectivity index (χ1) is 11.6. The van der Waals surface area contributed by atoms with E-state index in [-0.39, 0.29) is 24.0 Å². The molecule has 0 saturated carbocycles. The number of aliphatic imine (C=N–C) groups is 1. The number of nitrogens with two attached hydrogens (primary N) is 1. The van der Waals surface area contributed by atoms with Crippen molar-refractivity contribution < 1.29 is 0 Å². The largest absolute Gasteiger partial charge is 0.370 e. The van der Waals surface area contributed by atoms with E-state index in [1.807, 2.05) is 6.07 Å². The summed E-state index contributed by atoms with van der Waals surface area (Å²) in [6.07, 6.45) is 4.70. The van der Waals surface area contributed by atoms with E-state index in [1.54, 1.807) is 0 Å². The van der Waals surface area contributed by atoms with Gasteiger partial charge in [0.05, 0.1) is 0 Å². The lowest BCUT2D eigenvalue weighted by atomic mass is 9.92. The average Bonchev–Trinajstić information content (AvgIpc) is 2.54. The standard InChI is InChI=1S/C20H34N4.HI/c1-4-18-8-7-9-19(13-18)23-20(21)22-10-5-6-11-24-14-16(2)12-17(3)15-24;/h7-9,13,16-17H,4-6,10-12,14-15H2,1-3H3,(H3,21,22,23);1H. The first-order valence-electron chi connectivity index (χ1n) is 9.45. The van der Waals surface area contributed by atoms with E-state index < -0.39 is 0 Å². The van der Waals surface area contributed by atoms with Crippen LogP contribution >= 0.6 is 24.0 Å². The number of guanidine groups is 1. The molecule has 1 heterocycles. The van der Waals surface area contributed by atoms with Gasteiger partial charge >= 0.3 is 0 Å². The molecule has 2 rings (SSSR count). The van der Waals surface area contributed by atoms with E-state index in [0.717, 1.165) is 36.9 Å². The Kier molecular flexibility index (Phi) is 10.4. The minimum Gasteiger partial charge on any atom is -0.370 e. The number of nitrogens with one attached hydrogen (secondary N) is 1. The van der Waals surface area contributed by atoms with Crippen LogP contribution in [0.5, 0.6) is 0 Å². The third-order valence-corrected chi connectivity index (χ3v) is 4.72. The third kappa shape index (κ3) is 8.40. The van der Waals surface area contributed by atoms with Gasteiger partial charge in [-0.05, 0) is 61.8 Å². The lowest BCUT2D eigenvalue weighted by molar-refractivity contribution is 0.139. The molecule has 3 N–H and O–H groups in total. The Labute approximate surface area is 170 Å². The molecule has 142 valence electrons. The molecule has 1 aromatic rings. The summed E-state index contributed by atoms with van der Waals surface area (Å²) in [7, 11) is 0. The Bertz CT molecular complexity index is 522. The van der Waals surface area contributed by atoms with Gasteiger partial charge in [-0.1, -0.05) is 32.9 Å². The molecule has 0 aliphatic carbocycles. The molecule has 1 saturated heterocycles. The summed E-state index contributed by atoms with van der Waals surface area (Å²) in [6, 6.07) is 8.33. The molecule has 1 aliphatic rings. The summed E-state index contributed by atoms with van der Waals surface area (Å²) in [4.78, 5) is 7.06. The highest BCUT2D eigenvalue weighted by Crippen LogP contribution is 2.21. The lowest BCUT2D eigenvalue weighted by Crippen LogP contribution is -2.39. The van der Waals surface area contributed by atoms with Crippen LogP contribution in [0.25, 0.3) is 0 Å². The highest BCUT2D eigenvalue weighted by atomic mass is 127. The van der Waals surface area contributed by atoms with E-state index in [2.05, 4.69) is 54.2 Å². The molecule has 2 atom stereocenters. The molecule has 0 spiro atoms. The van der Waals surface area contributed by atoms with E-state index in [4.69, 9.17) is 5.73 Å². The molecule has 0 aromatic heterocycles. The van der Waals surface area contributed by atoms with Crippen molar-refractivity contribution in [3.05, 3.63) is 29.8 Å². The Morgan fingerprint density at radius 3 is 2.64 bits per heavy atom. The monoisotopic (exact) mass is 458 g/mol. The van der Waals surface area contributed by atoms with Gasteiger partial charge in [-0.2, -0.15) is 0 Å². The summed E-state index contributed by atoms with van der Waals surface area (Å²) < 4.78 is 0. The predicted molar refractivity (Wildman–Crippen MR) is 120 cm³/mol. The number of anilines is 1. The molecule has 0 amide bonds. The number of nitrogens with zero attached hydrogens (tertiary/aromatic N) is 2. The fourth-order valence-electron chi connectivity index (χ4n) is 3.68. The molecule has 1 fully saturated rings. The van der Waals surface area contributed by atoms with Crippen LogP contribution in [0.4, 0.5) is 5.69 Å². The second kappa shape index (κ2) is 11.7. The fraction of sp³-hybridized carbons (Fsp3) is 0.650. The third-order valence-electron chi connectivity index (χ3n) is 4.72. The van der Waals surface area contributed by atoms with Crippen LogP contribution in [0.1, 0.15) is 45.6 Å². The van der Waals surface area contributed by atoms with Crippen LogP contribution in [0.15, 0.2) is 29.3 Å². The zero-order valence-electron chi connectivity index (χ0n) is 16.0. The fourth-order valence-corrected chi connectivity index (χ4v) is 3.68. The van der Waals surface area contributed by atoms with Crippen LogP contribution in [0, 0.1) is 11.8 Å². The Balaban J connectivity index is 0.00000312. The van der Waals surface area contributed by atoms with Gasteiger partial charge in [0.15, 0.2) is 5.96 Å². The second-order valence-corrected chi connectivity index (χ2v) is 7.36. The number of benzene rings is 1. The highest BCUT2D eigenvalue weighted by Gasteiger charge is 2.20. The van der Waals surface area contributed by atoms with Gasteiger partial charge in [-0.25, -0.2) is 0 Å². The maximum atomic E-state index is 5.99. The normalized spacial score (nSPS) is 21.6. The number of rotatable bonds is 7. The Morgan fingerprint density at radius 2 is 1.96 bits per heavy atom. The minimum atomic E-state index is 0. The summed E-state index contributed by atoms with van der Waals surface area (Å²) in [5.74, 6) is 2.19. The minimum absolute atomic E-state index is 0. The lowest BCUT2D eigenvalue weighted by Gasteiger charge is -2.34. The quantitative estimate of drug-likeness (QED) is 0.277. The smallest absolute Gasteiger partial charge is 0.193 e. The summed E-state index contributed by atoms with van der Waals surface area (Å²) >= 11 is 0. The van der Waals surface area contributed by atoms with Crippen molar-refractivity contribution in [1.29, 1.82) is 0 Å². The molecule has 4 nitrogen and oxygen atoms in total. The molecule has 0 radical (unpaired) electrons. The molecule has 5 heteroatoms. The van der Waals surface area contributed by atoms with Crippen LogP contribution in [-0.4, -0.2) is 37.0 Å². The number of halogens is 1. The topological polar surface area (TPSA) is 53.6 Å². The summed E-state index contributed by atoms with van der Waals surface area (Å²) in [5.41, 5.74) is 8.31. The molecule has 0 bridgehead atoms. The number of aryl methyl sites for hydroxylation is 1. The predicted octanol–water partition coefficient (Wildman–Crippen LogP) is 4.35. The Hall–Kier alpha value is -0.820. The van der Waals surface area contributed by atoms with Crippen molar-refractivity contribution in [2.75, 3.05) is 31.5 Å². The van der Waals surface area contributed by atoms with Crippen LogP contribution < -0.4 is 11.1 Å². The molecular weight excluding hydrogens is 423 g/mol. The number of hydrogen-bond donors (Lipinski definition) is 2. The van der Waals surface area contributed by atoms with Crippen molar-refractivity contribution in [3.63, 3.8) is 0 Å². The first kappa shape index (κ1) is 22.2. The van der Waals surface area contributed by atoms with Gasteiger partial charge in [0.25, 0.3) is 0 Å². The Morgan fingerprint density at radius 1 is 1.24 bits per heavy atom. The maximum Gasteiger partial charge on any atom is 0.193 e. The van der Waals surface area contributed by atoms with Crippen LogP contribution in [0.2, 0.25) is 0 Å². The van der Waals surface area contributed by atoms with Crippen molar-refractivity contribution in [3.8, 4) is 0 Å². The highest BCUT2D eigenvalue weighted by molar-refractivity contribution is 14.0. The van der Waals surface area contributed by atoms with Crippen LogP contribution in [0.3, 0.4) is 0 Å². The van der Waals surface area contributed by atoms with Gasteiger partial charge in [0.1, 0.15) is 0 Å². The molecule has 1 aliphatic heterocycles. The van der Waals surface area contributed by atoms with Gasteiger partial charge in [-0.15, -0.1) is 24.0 Å². The zero-order chi connectivity index (χ0) is 17.4. The first-order valence-corrected chi connectivity index (χ1v) is 9.45. The van der Waals surface area contributed by atoms with Crippen molar-refractivity contribution in [2.24, 2.45) is 22.6 Å². The van der Waals surface area contributed by atoms with Gasteiger partial charge in [-0.3, -0.25) is 4.99 Å². The molecule has 2 unspecified atom stereocenters. The van der Waals surface area contributed by atoms with Crippen molar-refractivity contribution in [1.82, 2.24) is 4.90 Å². The number of hydrogen-bond acceptors (Lipinski definition) is 2. The maximum absolute atomic E-state index is 5.99. The van der Waals surface area contributed by atoms with Crippen LogP contribution in [-0.2, 0) is 6.42 Å². The number of likely N-dealkylation sites (tertiary alicyclic amines) is 1. The van der Waals surface area contributed by atoms with Gasteiger partial charge in [0, 0.05) is 25.3 Å². The van der Waals surface area contributed by atoms with Gasteiger partial charge in [0.2, 0.25) is 0 Å². The summed E-state index contributed by atoms with van der Waals surface area (Å²) in [6.45, 7) is 11.4. The van der Waals surface area contributed by atoms with Gasteiger partial charge < -0.3 is 16.0 Å². The zero-order valence-corrected chi connectivity index (χ0v) is 18.3. The molecular formula is C20H35IN4. The second-order valence-electron chi connectivity index (χ2n) is 7.36. The SMILES string of the molecule is CCc1cccc(NC(N)=NCCCCN2CC(C)CC(C)C2)c1.I. The van der Waals surface area contributed by atoms with Crippen molar-refractivity contribution in [2.45, 2.75) is 46.5 Å². The van der Waals surface area contributed by atoms with E-state index >= 15 is 0 Å². The van der Waals surface area contributed by atoms with Crippen molar-refractivity contribution >= 4 is 35.6 Å².